The van der Waals surface area contributed by atoms with Crippen LogP contribution in [0.25, 0.3) is 0 Å². The highest BCUT2D eigenvalue weighted by Crippen LogP contribution is 2.51. The fourth-order valence-corrected chi connectivity index (χ4v) is 5.33. The van der Waals surface area contributed by atoms with E-state index in [0.717, 1.165) is 38.9 Å². The smallest absolute Gasteiger partial charge is 0.311 e. The Hall–Kier alpha value is -1.88. The molecule has 3 aliphatic rings. The van der Waals surface area contributed by atoms with Gasteiger partial charge in [0.15, 0.2) is 0 Å². The highest BCUT2D eigenvalue weighted by molar-refractivity contribution is 5.86. The van der Waals surface area contributed by atoms with Gasteiger partial charge in [0.2, 0.25) is 5.91 Å². The van der Waals surface area contributed by atoms with Gasteiger partial charge >= 0.3 is 5.97 Å². The standard InChI is InChI=1S/C21H28N2O3/c1-20(19(25)26)10-11-23(14-20)18(24)21-9-5-8-17(21)13-22(15-21)12-16-6-3-2-4-7-16/h2-4,6-7,17H,5,8-15H2,1H3,(H,25,26)/t17-,20?,21-/m1/s1. The van der Waals surface area contributed by atoms with Crippen LogP contribution in [-0.2, 0) is 16.1 Å². The highest BCUT2D eigenvalue weighted by Gasteiger charge is 2.57. The van der Waals surface area contributed by atoms with E-state index in [1.165, 1.54) is 5.56 Å². The van der Waals surface area contributed by atoms with E-state index in [-0.39, 0.29) is 11.3 Å². The number of carbonyl (C=O) groups is 2. The summed E-state index contributed by atoms with van der Waals surface area (Å²) in [6, 6.07) is 10.4. The molecule has 3 atom stereocenters. The maximum atomic E-state index is 13.5. The average molecular weight is 356 g/mol. The van der Waals surface area contributed by atoms with E-state index in [4.69, 9.17) is 0 Å². The monoisotopic (exact) mass is 356 g/mol. The topological polar surface area (TPSA) is 60.9 Å². The molecular weight excluding hydrogens is 328 g/mol. The summed E-state index contributed by atoms with van der Waals surface area (Å²) >= 11 is 0. The Kier molecular flexibility index (Phi) is 4.30. The van der Waals surface area contributed by atoms with Crippen LogP contribution in [0.15, 0.2) is 30.3 Å². The lowest BCUT2D eigenvalue weighted by Crippen LogP contribution is -2.47. The van der Waals surface area contributed by atoms with Gasteiger partial charge in [-0.05, 0) is 37.7 Å². The van der Waals surface area contributed by atoms with Crippen molar-refractivity contribution in [1.82, 2.24) is 9.80 Å². The Labute approximate surface area is 155 Å². The van der Waals surface area contributed by atoms with Crippen molar-refractivity contribution in [3.05, 3.63) is 35.9 Å². The van der Waals surface area contributed by atoms with Crippen LogP contribution < -0.4 is 0 Å². The average Bonchev–Trinajstić information content (AvgIpc) is 3.28. The van der Waals surface area contributed by atoms with E-state index in [0.29, 0.717) is 25.4 Å². The zero-order valence-electron chi connectivity index (χ0n) is 15.5. The van der Waals surface area contributed by atoms with E-state index in [1.807, 2.05) is 11.0 Å². The maximum Gasteiger partial charge on any atom is 0.311 e. The van der Waals surface area contributed by atoms with Crippen molar-refractivity contribution in [3.8, 4) is 0 Å². The lowest BCUT2D eigenvalue weighted by atomic mass is 9.79. The number of hydrogen-bond donors (Lipinski definition) is 1. The molecule has 1 N–H and O–H groups in total. The third-order valence-electron chi connectivity index (χ3n) is 6.89. The molecule has 2 heterocycles. The first-order valence-corrected chi connectivity index (χ1v) is 9.72. The third kappa shape index (κ3) is 2.82. The lowest BCUT2D eigenvalue weighted by molar-refractivity contribution is -0.148. The van der Waals surface area contributed by atoms with Crippen molar-refractivity contribution in [1.29, 1.82) is 0 Å². The molecule has 0 spiro atoms. The molecule has 1 aromatic carbocycles. The van der Waals surface area contributed by atoms with Crippen molar-refractivity contribution in [3.63, 3.8) is 0 Å². The molecule has 2 saturated heterocycles. The second kappa shape index (κ2) is 6.38. The molecule has 0 radical (unpaired) electrons. The van der Waals surface area contributed by atoms with E-state index >= 15 is 0 Å². The van der Waals surface area contributed by atoms with Crippen molar-refractivity contribution in [2.24, 2.45) is 16.7 Å². The van der Waals surface area contributed by atoms with Crippen LogP contribution >= 0.6 is 0 Å². The molecule has 5 heteroatoms. The summed E-state index contributed by atoms with van der Waals surface area (Å²) < 4.78 is 0. The lowest BCUT2D eigenvalue weighted by Gasteiger charge is -2.33. The first-order chi connectivity index (χ1) is 12.4. The predicted octanol–water partition coefficient (Wildman–Crippen LogP) is 2.61. The Bertz CT molecular complexity index is 706. The van der Waals surface area contributed by atoms with E-state index in [1.54, 1.807) is 6.92 Å². The van der Waals surface area contributed by atoms with Crippen LogP contribution in [0.3, 0.4) is 0 Å². The maximum absolute atomic E-state index is 13.5. The second-order valence-corrected chi connectivity index (χ2v) is 8.74. The summed E-state index contributed by atoms with van der Waals surface area (Å²) in [6.07, 6.45) is 3.73. The number of fused-ring (bicyclic) bond motifs is 1. The normalized spacial score (nSPS) is 34.2. The molecule has 5 nitrogen and oxygen atoms in total. The Morgan fingerprint density at radius 3 is 2.65 bits per heavy atom. The largest absolute Gasteiger partial charge is 0.481 e. The molecule has 140 valence electrons. The summed E-state index contributed by atoms with van der Waals surface area (Å²) in [7, 11) is 0. The zero-order valence-corrected chi connectivity index (χ0v) is 15.5. The number of likely N-dealkylation sites (tertiary alicyclic amines) is 2. The number of carboxylic acids is 1. The van der Waals surface area contributed by atoms with Crippen LogP contribution in [0.4, 0.5) is 0 Å². The fraction of sp³-hybridized carbons (Fsp3) is 0.619. The Morgan fingerprint density at radius 2 is 1.96 bits per heavy atom. The molecule has 26 heavy (non-hydrogen) atoms. The summed E-state index contributed by atoms with van der Waals surface area (Å²) in [6.45, 7) is 5.38. The van der Waals surface area contributed by atoms with Crippen LogP contribution in [0.2, 0.25) is 0 Å². The van der Waals surface area contributed by atoms with Gasteiger partial charge in [-0.2, -0.15) is 0 Å². The number of amides is 1. The Balaban J connectivity index is 1.49. The molecule has 1 aromatic rings. The van der Waals surface area contributed by atoms with Gasteiger partial charge in [0, 0.05) is 32.7 Å². The molecule has 1 unspecified atom stereocenters. The highest BCUT2D eigenvalue weighted by atomic mass is 16.4. The quantitative estimate of drug-likeness (QED) is 0.901. The molecule has 1 saturated carbocycles. The number of carbonyl (C=O) groups excluding carboxylic acids is 1. The van der Waals surface area contributed by atoms with Crippen LogP contribution in [-0.4, -0.2) is 53.0 Å². The van der Waals surface area contributed by atoms with Crippen LogP contribution in [0.5, 0.6) is 0 Å². The van der Waals surface area contributed by atoms with Crippen LogP contribution in [0, 0.1) is 16.7 Å². The predicted molar refractivity (Wildman–Crippen MR) is 98.4 cm³/mol. The van der Waals surface area contributed by atoms with Gasteiger partial charge < -0.3 is 10.0 Å². The summed E-state index contributed by atoms with van der Waals surface area (Å²) in [5.41, 5.74) is 0.205. The van der Waals surface area contributed by atoms with Gasteiger partial charge in [0.25, 0.3) is 0 Å². The van der Waals surface area contributed by atoms with Gasteiger partial charge in [-0.3, -0.25) is 14.5 Å². The number of aliphatic carboxylic acids is 1. The summed E-state index contributed by atoms with van der Waals surface area (Å²) in [5.74, 6) is -0.165. The van der Waals surface area contributed by atoms with E-state index < -0.39 is 11.4 Å². The molecule has 0 bridgehead atoms. The number of nitrogens with zero attached hydrogens (tertiary/aromatic N) is 2. The first-order valence-electron chi connectivity index (χ1n) is 9.72. The van der Waals surface area contributed by atoms with E-state index in [2.05, 4.69) is 29.2 Å². The fourth-order valence-electron chi connectivity index (χ4n) is 5.33. The molecule has 4 rings (SSSR count). The SMILES string of the molecule is CC1(C(=O)O)CCN(C(=O)[C@@]23CCC[C@@H]2CN(Cc2ccccc2)C3)C1. The molecule has 1 aliphatic carbocycles. The van der Waals surface area contributed by atoms with Gasteiger partial charge in [0.1, 0.15) is 0 Å². The number of benzene rings is 1. The van der Waals surface area contributed by atoms with Gasteiger partial charge in [0.05, 0.1) is 10.8 Å². The molecular formula is C21H28N2O3. The Morgan fingerprint density at radius 1 is 1.19 bits per heavy atom. The van der Waals surface area contributed by atoms with Crippen molar-refractivity contribution < 1.29 is 14.7 Å². The molecule has 0 aromatic heterocycles. The van der Waals surface area contributed by atoms with Gasteiger partial charge in [-0.25, -0.2) is 0 Å². The molecule has 1 amide bonds. The number of carboxylic acid groups (broad SMARTS) is 1. The number of rotatable bonds is 4. The van der Waals surface area contributed by atoms with Crippen LogP contribution in [0.1, 0.15) is 38.2 Å². The van der Waals surface area contributed by atoms with Gasteiger partial charge in [-0.15, -0.1) is 0 Å². The van der Waals surface area contributed by atoms with Crippen molar-refractivity contribution >= 4 is 11.9 Å². The summed E-state index contributed by atoms with van der Waals surface area (Å²) in [4.78, 5) is 29.3. The zero-order chi connectivity index (χ0) is 18.4. The first kappa shape index (κ1) is 17.5. The van der Waals surface area contributed by atoms with Gasteiger partial charge in [-0.1, -0.05) is 36.8 Å². The van der Waals surface area contributed by atoms with Crippen molar-refractivity contribution in [2.45, 2.75) is 39.2 Å². The third-order valence-corrected chi connectivity index (χ3v) is 6.89. The molecule has 2 aliphatic heterocycles. The minimum absolute atomic E-state index is 0.209. The second-order valence-electron chi connectivity index (χ2n) is 8.74. The minimum atomic E-state index is -0.789. The number of hydrogen-bond acceptors (Lipinski definition) is 3. The van der Waals surface area contributed by atoms with E-state index in [9.17, 15) is 14.7 Å². The summed E-state index contributed by atoms with van der Waals surface area (Å²) in [5, 5.41) is 9.48. The molecule has 3 fully saturated rings. The minimum Gasteiger partial charge on any atom is -0.481 e. The van der Waals surface area contributed by atoms with Crippen molar-refractivity contribution in [2.75, 3.05) is 26.2 Å².